The molecule has 0 fully saturated rings. The summed E-state index contributed by atoms with van der Waals surface area (Å²) in [4.78, 5) is 11.6. The number of hydrogen-bond donors (Lipinski definition) is 3. The molecule has 10 heteroatoms. The molecule has 2 unspecified atom stereocenters. The van der Waals surface area contributed by atoms with Gasteiger partial charge in [-0.25, -0.2) is 4.21 Å². The third-order valence-corrected chi connectivity index (χ3v) is 5.41. The molecule has 2 atom stereocenters. The highest BCUT2D eigenvalue weighted by Gasteiger charge is 2.27. The van der Waals surface area contributed by atoms with E-state index in [1.807, 2.05) is 0 Å². The lowest BCUT2D eigenvalue weighted by Gasteiger charge is -2.21. The third-order valence-electron chi connectivity index (χ3n) is 4.84. The summed E-state index contributed by atoms with van der Waals surface area (Å²) in [7, 11) is 5.68. The first-order valence-electron chi connectivity index (χ1n) is 9.32. The number of carbonyl (C=O) groups is 1. The number of hydrogen-bond acceptors (Lipinski definition) is 7. The maximum absolute atomic E-state index is 11.8. The molecule has 0 aliphatic heterocycles. The number of rotatable bonds is 9. The van der Waals surface area contributed by atoms with Gasteiger partial charge in [0.2, 0.25) is 11.1 Å². The molecular formula is C22H25NO8S. The van der Waals surface area contributed by atoms with Gasteiger partial charge in [-0.15, -0.1) is 0 Å². The van der Waals surface area contributed by atoms with E-state index in [0.29, 0.717) is 11.3 Å². The quantitative estimate of drug-likeness (QED) is 0.169. The van der Waals surface area contributed by atoms with Crippen LogP contribution in [0.4, 0.5) is 0 Å². The fourth-order valence-corrected chi connectivity index (χ4v) is 3.55. The molecule has 32 heavy (non-hydrogen) atoms. The summed E-state index contributed by atoms with van der Waals surface area (Å²) >= 11 is -2.65. The van der Waals surface area contributed by atoms with Crippen LogP contribution in [0.2, 0.25) is 0 Å². The molecule has 0 radical (unpaired) electrons. The molecule has 0 spiro atoms. The van der Waals surface area contributed by atoms with Crippen LogP contribution in [0, 0.1) is 5.41 Å². The third kappa shape index (κ3) is 4.92. The zero-order valence-electron chi connectivity index (χ0n) is 18.3. The van der Waals surface area contributed by atoms with Crippen LogP contribution in [-0.4, -0.2) is 53.3 Å². The number of ether oxygens (including phenoxy) is 4. The van der Waals surface area contributed by atoms with Crippen molar-refractivity contribution < 1.29 is 37.6 Å². The van der Waals surface area contributed by atoms with Crippen LogP contribution < -0.4 is 9.47 Å². The minimum Gasteiger partial charge on any atom is -0.496 e. The normalized spacial score (nSPS) is 13.4. The van der Waals surface area contributed by atoms with E-state index in [2.05, 4.69) is 0 Å². The predicted molar refractivity (Wildman–Crippen MR) is 120 cm³/mol. The van der Waals surface area contributed by atoms with Crippen molar-refractivity contribution in [1.29, 1.82) is 5.41 Å². The number of benzene rings is 2. The van der Waals surface area contributed by atoms with Gasteiger partial charge in [-0.3, -0.25) is 10.2 Å². The van der Waals surface area contributed by atoms with Crippen LogP contribution >= 0.6 is 0 Å². The lowest BCUT2D eigenvalue weighted by Crippen LogP contribution is -2.15. The van der Waals surface area contributed by atoms with Gasteiger partial charge in [0.15, 0.2) is 16.6 Å². The molecule has 172 valence electrons. The Hall–Kier alpha value is -3.37. The monoisotopic (exact) mass is 463 g/mol. The van der Waals surface area contributed by atoms with Crippen molar-refractivity contribution >= 4 is 33.6 Å². The Kier molecular flexibility index (Phi) is 8.39. The van der Waals surface area contributed by atoms with E-state index >= 15 is 0 Å². The summed E-state index contributed by atoms with van der Waals surface area (Å²) in [5.41, 5.74) is 0.983. The molecule has 2 rings (SSSR count). The molecule has 0 aliphatic rings. The van der Waals surface area contributed by atoms with Crippen molar-refractivity contribution in [1.82, 2.24) is 0 Å². The fourth-order valence-electron chi connectivity index (χ4n) is 3.20. The van der Waals surface area contributed by atoms with Crippen LogP contribution in [0.25, 0.3) is 11.5 Å². The average Bonchev–Trinajstić information content (AvgIpc) is 2.80. The number of carboxylic acids is 1. The van der Waals surface area contributed by atoms with E-state index in [-0.39, 0.29) is 34.0 Å². The second kappa shape index (κ2) is 10.8. The van der Waals surface area contributed by atoms with Crippen molar-refractivity contribution in [3.05, 3.63) is 58.7 Å². The molecule has 0 saturated heterocycles. The van der Waals surface area contributed by atoms with Crippen molar-refractivity contribution in [2.45, 2.75) is 12.8 Å². The van der Waals surface area contributed by atoms with Gasteiger partial charge in [0, 0.05) is 16.7 Å². The molecule has 3 N–H and O–H groups in total. The highest BCUT2D eigenvalue weighted by Crippen LogP contribution is 2.38. The minimum atomic E-state index is -2.65. The highest BCUT2D eigenvalue weighted by atomic mass is 32.2. The number of aliphatic carboxylic acids is 1. The summed E-state index contributed by atoms with van der Waals surface area (Å²) in [6.45, 7) is 1.45. The molecule has 0 amide bonds. The number of carboxylic acid groups (broad SMARTS) is 1. The Morgan fingerprint density at radius 2 is 1.50 bits per heavy atom. The number of nitrogens with one attached hydrogen (secondary N) is 1. The van der Waals surface area contributed by atoms with E-state index < -0.39 is 28.0 Å². The molecule has 0 aliphatic carbocycles. The molecule has 2 aromatic rings. The Morgan fingerprint density at radius 3 is 2.00 bits per heavy atom. The zero-order valence-corrected chi connectivity index (χ0v) is 19.1. The number of para-hydroxylation sites is 1. The molecule has 0 saturated carbocycles. The molecule has 0 bridgehead atoms. The summed E-state index contributed by atoms with van der Waals surface area (Å²) in [5.74, 6) is -1.04. The van der Waals surface area contributed by atoms with Gasteiger partial charge in [0.1, 0.15) is 11.5 Å². The van der Waals surface area contributed by atoms with Gasteiger partial charge < -0.3 is 28.6 Å². The number of methoxy groups -OCH3 is 4. The topological polar surface area (TPSA) is 135 Å². The molecule has 2 aromatic carbocycles. The first-order chi connectivity index (χ1) is 15.2. The first-order valence-corrected chi connectivity index (χ1v) is 10.4. The van der Waals surface area contributed by atoms with E-state index in [9.17, 15) is 18.7 Å². The van der Waals surface area contributed by atoms with E-state index in [1.165, 1.54) is 47.5 Å². The predicted octanol–water partition coefficient (Wildman–Crippen LogP) is 3.56. The smallest absolute Gasteiger partial charge is 0.310 e. The maximum Gasteiger partial charge on any atom is 0.310 e. The van der Waals surface area contributed by atoms with Crippen LogP contribution in [0.5, 0.6) is 11.5 Å². The summed E-state index contributed by atoms with van der Waals surface area (Å²) in [6.07, 6.45) is 0. The second-order valence-electron chi connectivity index (χ2n) is 6.54. The maximum atomic E-state index is 11.8. The first kappa shape index (κ1) is 24.9. The average molecular weight is 464 g/mol. The summed E-state index contributed by atoms with van der Waals surface area (Å²) in [5, 5.41) is 17.0. The Balaban J connectivity index is 2.96. The van der Waals surface area contributed by atoms with Gasteiger partial charge in [0.05, 0.1) is 39.9 Å². The van der Waals surface area contributed by atoms with Gasteiger partial charge in [0.25, 0.3) is 0 Å². The standard InChI is InChI=1S/C22H25NO8S/c1-12(22(24)25)14-10-16(21(23)32(26)27)15(11-18(14)29-3)20(31-5)19(30-4)13-8-6-7-9-17(13)28-2/h6-12,23H,1-5H3,(H,24,25)(H,26,27). The van der Waals surface area contributed by atoms with Crippen molar-refractivity contribution in [2.75, 3.05) is 28.4 Å². The second-order valence-corrected chi connectivity index (χ2v) is 7.45. The largest absolute Gasteiger partial charge is 0.496 e. The Bertz CT molecular complexity index is 1080. The van der Waals surface area contributed by atoms with Crippen molar-refractivity contribution in [3.63, 3.8) is 0 Å². The lowest BCUT2D eigenvalue weighted by atomic mass is 9.93. The van der Waals surface area contributed by atoms with Crippen LogP contribution in [0.3, 0.4) is 0 Å². The molecule has 0 heterocycles. The lowest BCUT2D eigenvalue weighted by molar-refractivity contribution is -0.138. The van der Waals surface area contributed by atoms with E-state index in [0.717, 1.165) is 0 Å². The van der Waals surface area contributed by atoms with Gasteiger partial charge in [-0.1, -0.05) is 12.1 Å². The van der Waals surface area contributed by atoms with Crippen molar-refractivity contribution in [2.24, 2.45) is 0 Å². The zero-order chi connectivity index (χ0) is 24.0. The summed E-state index contributed by atoms with van der Waals surface area (Å²) in [6, 6.07) is 9.82. The Labute approximate surface area is 188 Å². The summed E-state index contributed by atoms with van der Waals surface area (Å²) < 4.78 is 43.4. The van der Waals surface area contributed by atoms with E-state index in [1.54, 1.807) is 24.3 Å². The SMILES string of the molecule is COC(=C(OC)c1cc(OC)c(C(C)C(=O)O)cc1C(=N)S(=O)O)c1ccccc1OC. The minimum absolute atomic E-state index is 0.00367. The highest BCUT2D eigenvalue weighted by molar-refractivity contribution is 7.96. The van der Waals surface area contributed by atoms with Crippen molar-refractivity contribution in [3.8, 4) is 11.5 Å². The fraction of sp³-hybridized carbons (Fsp3) is 0.273. The van der Waals surface area contributed by atoms with Gasteiger partial charge in [-0.05, 0) is 31.2 Å². The van der Waals surface area contributed by atoms with E-state index in [4.69, 9.17) is 24.4 Å². The molecular weight excluding hydrogens is 438 g/mol. The van der Waals surface area contributed by atoms with Gasteiger partial charge in [-0.2, -0.15) is 0 Å². The van der Waals surface area contributed by atoms with Gasteiger partial charge >= 0.3 is 5.97 Å². The van der Waals surface area contributed by atoms with Crippen LogP contribution in [-0.2, 0) is 25.3 Å². The molecule has 9 nitrogen and oxygen atoms in total. The Morgan fingerprint density at radius 1 is 0.938 bits per heavy atom. The van der Waals surface area contributed by atoms with Crippen LogP contribution in [0.15, 0.2) is 36.4 Å². The molecule has 0 aromatic heterocycles. The van der Waals surface area contributed by atoms with Crippen LogP contribution in [0.1, 0.15) is 35.1 Å².